The van der Waals surface area contributed by atoms with E-state index in [1.807, 2.05) is 0 Å². The van der Waals surface area contributed by atoms with Crippen molar-refractivity contribution in [3.8, 4) is 0 Å². The Balaban J connectivity index is 2.24. The fourth-order valence-electron chi connectivity index (χ4n) is 2.13. The Morgan fingerprint density at radius 1 is 1.33 bits per heavy atom. The van der Waals surface area contributed by atoms with E-state index in [-0.39, 0.29) is 5.91 Å². The van der Waals surface area contributed by atoms with E-state index >= 15 is 0 Å². The van der Waals surface area contributed by atoms with Crippen LogP contribution in [0.2, 0.25) is 0 Å². The highest BCUT2D eigenvalue weighted by atomic mass is 16.2. The molecule has 1 aliphatic rings. The average molecular weight is 213 g/mol. The van der Waals surface area contributed by atoms with Crippen molar-refractivity contribution in [2.24, 2.45) is 5.84 Å². The highest BCUT2D eigenvalue weighted by Crippen LogP contribution is 2.14. The Bertz CT molecular complexity index is 188. The molecule has 1 rings (SSSR count). The minimum atomic E-state index is -0.0586. The molecule has 1 aliphatic heterocycles. The zero-order chi connectivity index (χ0) is 11.1. The Labute approximate surface area is 92.2 Å². The number of nitrogens with one attached hydrogen (secondary N) is 1. The topological polar surface area (TPSA) is 58.4 Å². The number of hydrazine groups is 1. The van der Waals surface area contributed by atoms with Crippen LogP contribution >= 0.6 is 0 Å². The van der Waals surface area contributed by atoms with Crippen molar-refractivity contribution >= 4 is 5.91 Å². The van der Waals surface area contributed by atoms with Crippen molar-refractivity contribution < 1.29 is 4.79 Å². The largest absolute Gasteiger partial charge is 0.301 e. The second-order valence-electron chi connectivity index (χ2n) is 4.41. The van der Waals surface area contributed by atoms with Crippen molar-refractivity contribution in [3.63, 3.8) is 0 Å². The summed E-state index contributed by atoms with van der Waals surface area (Å²) in [6, 6.07) is 0.500. The first-order valence-corrected chi connectivity index (χ1v) is 5.97. The highest BCUT2D eigenvalue weighted by Gasteiger charge is 2.16. The molecule has 1 atom stereocenters. The molecule has 4 nitrogen and oxygen atoms in total. The van der Waals surface area contributed by atoms with E-state index in [1.165, 1.54) is 38.8 Å². The van der Waals surface area contributed by atoms with Gasteiger partial charge in [0, 0.05) is 12.5 Å². The highest BCUT2D eigenvalue weighted by molar-refractivity contribution is 5.75. The molecule has 0 aromatic carbocycles. The first-order chi connectivity index (χ1) is 7.24. The lowest BCUT2D eigenvalue weighted by atomic mass is 10.1. The van der Waals surface area contributed by atoms with Gasteiger partial charge in [-0.1, -0.05) is 12.8 Å². The maximum absolute atomic E-state index is 11.0. The van der Waals surface area contributed by atoms with Gasteiger partial charge in [0.05, 0.1) is 0 Å². The van der Waals surface area contributed by atoms with Gasteiger partial charge in [0.1, 0.15) is 0 Å². The van der Waals surface area contributed by atoms with E-state index in [4.69, 9.17) is 5.84 Å². The summed E-state index contributed by atoms with van der Waals surface area (Å²) in [5, 5.41) is 0. The first kappa shape index (κ1) is 12.5. The Morgan fingerprint density at radius 2 is 1.93 bits per heavy atom. The summed E-state index contributed by atoms with van der Waals surface area (Å²) in [7, 11) is 0. The summed E-state index contributed by atoms with van der Waals surface area (Å²) in [4.78, 5) is 13.5. The van der Waals surface area contributed by atoms with Gasteiger partial charge in [0.25, 0.3) is 0 Å². The van der Waals surface area contributed by atoms with Crippen LogP contribution in [0.3, 0.4) is 0 Å². The predicted molar refractivity (Wildman–Crippen MR) is 61.1 cm³/mol. The lowest BCUT2D eigenvalue weighted by Crippen LogP contribution is -2.36. The van der Waals surface area contributed by atoms with Gasteiger partial charge in [-0.05, 0) is 39.3 Å². The number of hydrogen-bond donors (Lipinski definition) is 2. The minimum absolute atomic E-state index is 0.0586. The van der Waals surface area contributed by atoms with Crippen molar-refractivity contribution in [2.45, 2.75) is 51.5 Å². The Hall–Kier alpha value is -0.610. The van der Waals surface area contributed by atoms with Crippen LogP contribution in [-0.4, -0.2) is 29.9 Å². The first-order valence-electron chi connectivity index (χ1n) is 5.97. The molecular formula is C11H23N3O. The zero-order valence-electron chi connectivity index (χ0n) is 9.67. The number of rotatable bonds is 4. The molecule has 1 fully saturated rings. The molecule has 0 radical (unpaired) electrons. The molecule has 88 valence electrons. The minimum Gasteiger partial charge on any atom is -0.301 e. The fourth-order valence-corrected chi connectivity index (χ4v) is 2.13. The maximum Gasteiger partial charge on any atom is 0.233 e. The predicted octanol–water partition coefficient (Wildman–Crippen LogP) is 1.02. The van der Waals surface area contributed by atoms with E-state index in [9.17, 15) is 4.79 Å². The third-order valence-corrected chi connectivity index (χ3v) is 3.21. The number of carbonyl (C=O) groups excluding carboxylic acids is 1. The van der Waals surface area contributed by atoms with Gasteiger partial charge >= 0.3 is 0 Å². The molecule has 3 N–H and O–H groups in total. The molecule has 0 bridgehead atoms. The molecule has 0 aliphatic carbocycles. The number of carbonyl (C=O) groups is 1. The Kier molecular flexibility index (Phi) is 5.65. The van der Waals surface area contributed by atoms with Crippen LogP contribution in [0, 0.1) is 0 Å². The SMILES string of the molecule is CC(CCC(=O)NN)N1CCCCCC1. The molecule has 1 unspecified atom stereocenters. The number of hydrogen-bond acceptors (Lipinski definition) is 3. The molecule has 4 heteroatoms. The van der Waals surface area contributed by atoms with Crippen molar-refractivity contribution in [3.05, 3.63) is 0 Å². The molecule has 1 saturated heterocycles. The van der Waals surface area contributed by atoms with Crippen LogP contribution in [0.5, 0.6) is 0 Å². The monoisotopic (exact) mass is 213 g/mol. The van der Waals surface area contributed by atoms with Gasteiger partial charge in [-0.3, -0.25) is 10.2 Å². The van der Waals surface area contributed by atoms with Crippen molar-refractivity contribution in [1.29, 1.82) is 0 Å². The lowest BCUT2D eigenvalue weighted by Gasteiger charge is -2.27. The van der Waals surface area contributed by atoms with Crippen LogP contribution in [-0.2, 0) is 4.79 Å². The third kappa shape index (κ3) is 4.62. The van der Waals surface area contributed by atoms with Crippen molar-refractivity contribution in [1.82, 2.24) is 10.3 Å². The number of amides is 1. The van der Waals surface area contributed by atoms with Gasteiger partial charge in [-0.25, -0.2) is 5.84 Å². The maximum atomic E-state index is 11.0. The molecule has 0 aromatic heterocycles. The smallest absolute Gasteiger partial charge is 0.233 e. The van der Waals surface area contributed by atoms with E-state index < -0.39 is 0 Å². The molecule has 15 heavy (non-hydrogen) atoms. The van der Waals surface area contributed by atoms with Crippen molar-refractivity contribution in [2.75, 3.05) is 13.1 Å². The second-order valence-corrected chi connectivity index (χ2v) is 4.41. The third-order valence-electron chi connectivity index (χ3n) is 3.21. The number of nitrogens with two attached hydrogens (primary N) is 1. The Morgan fingerprint density at radius 3 is 2.47 bits per heavy atom. The molecule has 0 saturated carbocycles. The second kappa shape index (κ2) is 6.80. The summed E-state index contributed by atoms with van der Waals surface area (Å²) in [6.45, 7) is 4.58. The molecule has 0 aromatic rings. The van der Waals surface area contributed by atoms with Crippen LogP contribution in [0.4, 0.5) is 0 Å². The molecule has 1 heterocycles. The van der Waals surface area contributed by atoms with Gasteiger partial charge in [0.15, 0.2) is 0 Å². The van der Waals surface area contributed by atoms with Gasteiger partial charge in [-0.2, -0.15) is 0 Å². The van der Waals surface area contributed by atoms with Crippen LogP contribution in [0.15, 0.2) is 0 Å². The van der Waals surface area contributed by atoms with Gasteiger partial charge < -0.3 is 4.90 Å². The average Bonchev–Trinajstić information content (AvgIpc) is 2.53. The van der Waals surface area contributed by atoms with E-state index in [2.05, 4.69) is 17.2 Å². The van der Waals surface area contributed by atoms with Crippen LogP contribution in [0.25, 0.3) is 0 Å². The molecular weight excluding hydrogens is 190 g/mol. The molecule has 1 amide bonds. The summed E-state index contributed by atoms with van der Waals surface area (Å²) in [5.41, 5.74) is 2.18. The molecule has 0 spiro atoms. The van der Waals surface area contributed by atoms with E-state index in [0.29, 0.717) is 12.5 Å². The van der Waals surface area contributed by atoms with Gasteiger partial charge in [-0.15, -0.1) is 0 Å². The lowest BCUT2D eigenvalue weighted by molar-refractivity contribution is -0.121. The summed E-state index contributed by atoms with van der Waals surface area (Å²) >= 11 is 0. The fraction of sp³-hybridized carbons (Fsp3) is 0.909. The van der Waals surface area contributed by atoms with E-state index in [1.54, 1.807) is 0 Å². The summed E-state index contributed by atoms with van der Waals surface area (Å²) in [6.07, 6.45) is 6.75. The standard InChI is InChI=1S/C11H23N3O/c1-10(6-7-11(15)13-12)14-8-4-2-3-5-9-14/h10H,2-9,12H2,1H3,(H,13,15). The normalized spacial score (nSPS) is 20.7. The summed E-state index contributed by atoms with van der Waals surface area (Å²) < 4.78 is 0. The van der Waals surface area contributed by atoms with Gasteiger partial charge in [0.2, 0.25) is 5.91 Å². The van der Waals surface area contributed by atoms with Crippen LogP contribution < -0.4 is 11.3 Å². The zero-order valence-corrected chi connectivity index (χ0v) is 9.67. The number of nitrogens with zero attached hydrogens (tertiary/aromatic N) is 1. The number of likely N-dealkylation sites (tertiary alicyclic amines) is 1. The summed E-state index contributed by atoms with van der Waals surface area (Å²) in [5.74, 6) is 4.99. The quantitative estimate of drug-likeness (QED) is 0.416. The van der Waals surface area contributed by atoms with Crippen LogP contribution in [0.1, 0.15) is 45.4 Å². The van der Waals surface area contributed by atoms with E-state index in [0.717, 1.165) is 6.42 Å².